The average molecular weight is 404 g/mol. The van der Waals surface area contributed by atoms with Crippen LogP contribution in [-0.2, 0) is 12.8 Å². The van der Waals surface area contributed by atoms with Gasteiger partial charge in [0.1, 0.15) is 10.8 Å². The molecule has 1 aliphatic carbocycles. The van der Waals surface area contributed by atoms with Crippen LogP contribution in [0.4, 0.5) is 0 Å². The highest BCUT2D eigenvalue weighted by atomic mass is 32.2. The molecule has 27 heavy (non-hydrogen) atoms. The topological polar surface area (TPSA) is 90.0 Å². The summed E-state index contributed by atoms with van der Waals surface area (Å²) in [4.78, 5) is 17.7. The third-order valence-electron chi connectivity index (χ3n) is 5.12. The summed E-state index contributed by atoms with van der Waals surface area (Å²) in [5, 5.41) is 18.5. The van der Waals surface area contributed by atoms with Gasteiger partial charge in [-0.15, -0.1) is 10.2 Å². The second kappa shape index (κ2) is 6.99. The standard InChI is InChI=1S/C17H21N7OS2/c1-23-14(11-3-2-6-18-8-11)20-21-17(23)26-9-12-7-13(25)24-16(19-12)27-15(22-24)10-4-5-10/h7,10-11,18H,2-6,8-9H2,1H3/t11-/m1/s1. The maximum Gasteiger partial charge on any atom is 0.275 e. The number of fused-ring (bicyclic) bond motifs is 1. The molecule has 3 aromatic heterocycles. The van der Waals surface area contributed by atoms with Crippen molar-refractivity contribution >= 4 is 28.1 Å². The summed E-state index contributed by atoms with van der Waals surface area (Å²) in [6.07, 6.45) is 4.66. The Balaban J connectivity index is 1.34. The van der Waals surface area contributed by atoms with Gasteiger partial charge in [0.05, 0.1) is 5.69 Å². The number of nitrogens with zero attached hydrogens (tertiary/aromatic N) is 6. The lowest BCUT2D eigenvalue weighted by Crippen LogP contribution is -2.29. The molecule has 1 saturated heterocycles. The highest BCUT2D eigenvalue weighted by Gasteiger charge is 2.28. The maximum absolute atomic E-state index is 12.4. The van der Waals surface area contributed by atoms with Gasteiger partial charge in [-0.2, -0.15) is 9.61 Å². The normalized spacial score (nSPS) is 20.4. The molecule has 8 nitrogen and oxygen atoms in total. The molecule has 0 bridgehead atoms. The van der Waals surface area contributed by atoms with Crippen molar-refractivity contribution in [3.63, 3.8) is 0 Å². The van der Waals surface area contributed by atoms with Crippen molar-refractivity contribution in [3.8, 4) is 0 Å². The molecule has 1 atom stereocenters. The fourth-order valence-electron chi connectivity index (χ4n) is 3.46. The molecule has 0 spiro atoms. The fourth-order valence-corrected chi connectivity index (χ4v) is 5.36. The molecule has 2 aliphatic rings. The van der Waals surface area contributed by atoms with E-state index < -0.39 is 0 Å². The predicted molar refractivity (Wildman–Crippen MR) is 105 cm³/mol. The van der Waals surface area contributed by atoms with Gasteiger partial charge in [-0.3, -0.25) is 4.79 Å². The van der Waals surface area contributed by atoms with Crippen molar-refractivity contribution < 1.29 is 0 Å². The minimum atomic E-state index is -0.106. The minimum Gasteiger partial charge on any atom is -0.316 e. The van der Waals surface area contributed by atoms with E-state index in [9.17, 15) is 4.79 Å². The molecule has 2 fully saturated rings. The first-order valence-electron chi connectivity index (χ1n) is 9.31. The SMILES string of the molecule is Cn1c(SCc2cc(=O)n3nc(C4CC4)sc3n2)nnc1[C@@H]1CCCNC1. The summed E-state index contributed by atoms with van der Waals surface area (Å²) in [5.41, 5.74) is 0.658. The van der Waals surface area contributed by atoms with Crippen LogP contribution in [0, 0.1) is 0 Å². The van der Waals surface area contributed by atoms with Crippen molar-refractivity contribution in [2.45, 2.75) is 48.4 Å². The van der Waals surface area contributed by atoms with Gasteiger partial charge in [-0.1, -0.05) is 23.1 Å². The van der Waals surface area contributed by atoms with Crippen LogP contribution in [-0.4, -0.2) is 42.5 Å². The number of nitrogens with one attached hydrogen (secondary N) is 1. The number of rotatable bonds is 5. The van der Waals surface area contributed by atoms with E-state index in [1.807, 2.05) is 7.05 Å². The van der Waals surface area contributed by atoms with Crippen LogP contribution in [0.3, 0.4) is 0 Å². The quantitative estimate of drug-likeness (QED) is 0.651. The molecule has 1 N–H and O–H groups in total. The zero-order valence-electron chi connectivity index (χ0n) is 15.1. The van der Waals surface area contributed by atoms with Crippen molar-refractivity contribution in [2.75, 3.05) is 13.1 Å². The zero-order chi connectivity index (χ0) is 18.4. The molecule has 142 valence electrons. The first kappa shape index (κ1) is 17.3. The Morgan fingerprint density at radius 2 is 2.19 bits per heavy atom. The van der Waals surface area contributed by atoms with Crippen LogP contribution < -0.4 is 10.9 Å². The first-order valence-corrected chi connectivity index (χ1v) is 11.1. The van der Waals surface area contributed by atoms with E-state index in [0.717, 1.165) is 41.2 Å². The van der Waals surface area contributed by atoms with Crippen molar-refractivity contribution in [1.29, 1.82) is 0 Å². The van der Waals surface area contributed by atoms with E-state index in [1.165, 1.54) is 35.1 Å². The van der Waals surface area contributed by atoms with Gasteiger partial charge < -0.3 is 9.88 Å². The van der Waals surface area contributed by atoms with Crippen molar-refractivity contribution in [2.24, 2.45) is 7.05 Å². The van der Waals surface area contributed by atoms with E-state index in [-0.39, 0.29) is 5.56 Å². The lowest BCUT2D eigenvalue weighted by molar-refractivity contribution is 0.436. The van der Waals surface area contributed by atoms with Crippen LogP contribution in [0.25, 0.3) is 4.96 Å². The summed E-state index contributed by atoms with van der Waals surface area (Å²) in [7, 11) is 2.02. The maximum atomic E-state index is 12.4. The molecule has 10 heteroatoms. The monoisotopic (exact) mass is 403 g/mol. The molecule has 3 aromatic rings. The van der Waals surface area contributed by atoms with Crippen molar-refractivity contribution in [1.82, 2.24) is 34.7 Å². The largest absolute Gasteiger partial charge is 0.316 e. The average Bonchev–Trinajstić information content (AvgIpc) is 3.33. The molecule has 0 aromatic carbocycles. The Labute approximate surface area is 164 Å². The van der Waals surface area contributed by atoms with Gasteiger partial charge in [-0.05, 0) is 32.2 Å². The summed E-state index contributed by atoms with van der Waals surface area (Å²) < 4.78 is 3.51. The lowest BCUT2D eigenvalue weighted by Gasteiger charge is -2.21. The second-order valence-corrected chi connectivity index (χ2v) is 9.16. The molecule has 1 aliphatic heterocycles. The molecule has 0 amide bonds. The van der Waals surface area contributed by atoms with Gasteiger partial charge in [0.2, 0.25) is 4.96 Å². The van der Waals surface area contributed by atoms with E-state index in [1.54, 1.807) is 17.8 Å². The number of hydrogen-bond acceptors (Lipinski definition) is 8. The Kier molecular flexibility index (Phi) is 4.49. The Hall–Kier alpha value is -1.78. The van der Waals surface area contributed by atoms with Gasteiger partial charge in [0, 0.05) is 37.2 Å². The van der Waals surface area contributed by atoms with Crippen LogP contribution in [0.5, 0.6) is 0 Å². The van der Waals surface area contributed by atoms with E-state index in [0.29, 0.717) is 22.5 Å². The number of hydrogen-bond donors (Lipinski definition) is 1. The Morgan fingerprint density at radius 3 is 2.96 bits per heavy atom. The second-order valence-electron chi connectivity index (χ2n) is 7.23. The minimum absolute atomic E-state index is 0.106. The highest BCUT2D eigenvalue weighted by Crippen LogP contribution is 2.41. The molecule has 0 radical (unpaired) electrons. The van der Waals surface area contributed by atoms with E-state index in [4.69, 9.17) is 0 Å². The van der Waals surface area contributed by atoms with Crippen LogP contribution in [0.2, 0.25) is 0 Å². The molecule has 1 saturated carbocycles. The summed E-state index contributed by atoms with van der Waals surface area (Å²) in [6.45, 7) is 2.04. The molecular formula is C17H21N7OS2. The van der Waals surface area contributed by atoms with Crippen molar-refractivity contribution in [3.05, 3.63) is 32.9 Å². The Morgan fingerprint density at radius 1 is 1.30 bits per heavy atom. The van der Waals surface area contributed by atoms with Gasteiger partial charge in [-0.25, -0.2) is 4.98 Å². The summed E-state index contributed by atoms with van der Waals surface area (Å²) >= 11 is 3.11. The summed E-state index contributed by atoms with van der Waals surface area (Å²) in [6, 6.07) is 1.58. The molecule has 4 heterocycles. The van der Waals surface area contributed by atoms with Gasteiger partial charge in [0.25, 0.3) is 5.56 Å². The highest BCUT2D eigenvalue weighted by molar-refractivity contribution is 7.98. The van der Waals surface area contributed by atoms with Crippen LogP contribution in [0.1, 0.15) is 54.0 Å². The van der Waals surface area contributed by atoms with E-state index >= 15 is 0 Å². The van der Waals surface area contributed by atoms with Gasteiger partial charge >= 0.3 is 0 Å². The lowest BCUT2D eigenvalue weighted by atomic mass is 9.99. The number of aromatic nitrogens is 6. The third kappa shape index (κ3) is 3.41. The first-order chi connectivity index (χ1) is 13.2. The fraction of sp³-hybridized carbons (Fsp3) is 0.588. The number of thioether (sulfide) groups is 1. The summed E-state index contributed by atoms with van der Waals surface area (Å²) in [5.74, 6) is 2.57. The smallest absolute Gasteiger partial charge is 0.275 e. The van der Waals surface area contributed by atoms with E-state index in [2.05, 4.69) is 30.2 Å². The molecular weight excluding hydrogens is 382 g/mol. The van der Waals surface area contributed by atoms with Crippen LogP contribution in [0.15, 0.2) is 16.0 Å². The zero-order valence-corrected chi connectivity index (χ0v) is 16.7. The Bertz CT molecular complexity index is 1030. The molecule has 5 rings (SSSR count). The molecule has 0 unspecified atom stereocenters. The third-order valence-corrected chi connectivity index (χ3v) is 7.24. The number of piperidine rings is 1. The predicted octanol–water partition coefficient (Wildman–Crippen LogP) is 1.92. The van der Waals surface area contributed by atoms with Crippen LogP contribution >= 0.6 is 23.1 Å². The van der Waals surface area contributed by atoms with Gasteiger partial charge in [0.15, 0.2) is 5.16 Å².